The number of hydrogen-bond acceptors (Lipinski definition) is 7. The molecule has 8 heteroatoms. The van der Waals surface area contributed by atoms with Gasteiger partial charge in [0.25, 0.3) is 0 Å². The molecule has 29 heavy (non-hydrogen) atoms. The third-order valence-electron chi connectivity index (χ3n) is 4.49. The molecule has 8 nitrogen and oxygen atoms in total. The zero-order valence-corrected chi connectivity index (χ0v) is 17.2. The summed E-state index contributed by atoms with van der Waals surface area (Å²) >= 11 is 0. The van der Waals surface area contributed by atoms with Gasteiger partial charge in [-0.15, -0.1) is 0 Å². The third kappa shape index (κ3) is 5.15. The molecule has 0 aliphatic carbocycles. The zero-order chi connectivity index (χ0) is 21.6. The molecule has 0 radical (unpaired) electrons. The molecular weight excluding hydrogens is 376 g/mol. The van der Waals surface area contributed by atoms with E-state index < -0.39 is 11.9 Å². The highest BCUT2D eigenvalue weighted by Gasteiger charge is 2.18. The fourth-order valence-electron chi connectivity index (χ4n) is 2.93. The van der Waals surface area contributed by atoms with Gasteiger partial charge in [0.15, 0.2) is 0 Å². The average molecular weight is 400 g/mol. The Morgan fingerprint density at radius 1 is 1.24 bits per heavy atom. The summed E-state index contributed by atoms with van der Waals surface area (Å²) in [5, 5.41) is 9.39. The first-order chi connectivity index (χ1) is 13.8. The summed E-state index contributed by atoms with van der Waals surface area (Å²) in [6, 6.07) is 5.23. The number of hydrogen-bond donors (Lipinski definition) is 0. The molecule has 0 aromatic carbocycles. The Bertz CT molecular complexity index is 974. The van der Waals surface area contributed by atoms with Crippen LogP contribution in [0, 0.1) is 32.1 Å². The molecule has 0 bridgehead atoms. The summed E-state index contributed by atoms with van der Waals surface area (Å²) in [7, 11) is 2.90. The Kier molecular flexibility index (Phi) is 7.39. The van der Waals surface area contributed by atoms with Gasteiger partial charge in [-0.25, -0.2) is 9.59 Å². The maximum absolute atomic E-state index is 12.3. The maximum Gasteiger partial charge on any atom is 0.349 e. The lowest BCUT2D eigenvalue weighted by Crippen LogP contribution is -2.08. The number of methoxy groups -OCH3 is 2. The van der Waals surface area contributed by atoms with Crippen molar-refractivity contribution >= 4 is 18.0 Å². The van der Waals surface area contributed by atoms with E-state index >= 15 is 0 Å². The molecule has 0 N–H and O–H groups in total. The molecule has 0 aliphatic heterocycles. The van der Waals surface area contributed by atoms with Gasteiger partial charge >= 0.3 is 11.9 Å². The number of furan rings is 1. The molecule has 2 aromatic rings. The predicted molar refractivity (Wildman–Crippen MR) is 104 cm³/mol. The van der Waals surface area contributed by atoms with Gasteiger partial charge in [0.1, 0.15) is 35.3 Å². The topological polar surface area (TPSA) is 104 Å². The second-order valence-corrected chi connectivity index (χ2v) is 6.39. The minimum Gasteiger partial charge on any atom is -0.465 e. The summed E-state index contributed by atoms with van der Waals surface area (Å²) < 4.78 is 22.4. The van der Waals surface area contributed by atoms with Gasteiger partial charge in [0.05, 0.1) is 13.7 Å². The Balaban J connectivity index is 2.13. The van der Waals surface area contributed by atoms with Crippen molar-refractivity contribution in [3.05, 3.63) is 51.7 Å². The van der Waals surface area contributed by atoms with Crippen LogP contribution in [0.15, 0.2) is 22.1 Å². The van der Waals surface area contributed by atoms with Crippen molar-refractivity contribution in [1.82, 2.24) is 4.57 Å². The number of rotatable bonds is 8. The molecule has 2 heterocycles. The van der Waals surface area contributed by atoms with E-state index in [4.69, 9.17) is 13.9 Å². The van der Waals surface area contributed by atoms with Crippen LogP contribution in [0.4, 0.5) is 0 Å². The number of nitriles is 1. The van der Waals surface area contributed by atoms with Gasteiger partial charge in [-0.3, -0.25) is 0 Å². The van der Waals surface area contributed by atoms with Crippen molar-refractivity contribution in [2.45, 2.75) is 33.9 Å². The van der Waals surface area contributed by atoms with E-state index in [0.717, 1.165) is 17.0 Å². The first-order valence-corrected chi connectivity index (χ1v) is 8.94. The minimum absolute atomic E-state index is 0.131. The van der Waals surface area contributed by atoms with E-state index in [9.17, 15) is 14.9 Å². The first kappa shape index (κ1) is 22.0. The van der Waals surface area contributed by atoms with Gasteiger partial charge in [-0.05, 0) is 44.5 Å². The van der Waals surface area contributed by atoms with Crippen molar-refractivity contribution in [2.24, 2.45) is 0 Å². The molecule has 0 aliphatic rings. The van der Waals surface area contributed by atoms with Crippen molar-refractivity contribution < 1.29 is 28.2 Å². The Labute approximate surface area is 169 Å². The Hall–Kier alpha value is -3.31. The highest BCUT2D eigenvalue weighted by atomic mass is 16.5. The van der Waals surface area contributed by atoms with Crippen molar-refractivity contribution in [2.75, 3.05) is 20.8 Å². The monoisotopic (exact) mass is 400 g/mol. The van der Waals surface area contributed by atoms with Crippen LogP contribution in [0.5, 0.6) is 0 Å². The van der Waals surface area contributed by atoms with E-state index in [2.05, 4.69) is 9.30 Å². The van der Waals surface area contributed by atoms with Crippen LogP contribution < -0.4 is 0 Å². The van der Waals surface area contributed by atoms with Gasteiger partial charge in [-0.1, -0.05) is 0 Å². The van der Waals surface area contributed by atoms with Crippen LogP contribution in [-0.4, -0.2) is 37.3 Å². The Morgan fingerprint density at radius 2 is 1.97 bits per heavy atom. The van der Waals surface area contributed by atoms with Gasteiger partial charge < -0.3 is 23.2 Å². The third-order valence-corrected chi connectivity index (χ3v) is 4.49. The lowest BCUT2D eigenvalue weighted by Gasteiger charge is -2.08. The quantitative estimate of drug-likeness (QED) is 0.381. The van der Waals surface area contributed by atoms with Gasteiger partial charge in [0, 0.05) is 25.0 Å². The largest absolute Gasteiger partial charge is 0.465 e. The van der Waals surface area contributed by atoms with Crippen LogP contribution in [0.1, 0.15) is 38.8 Å². The van der Waals surface area contributed by atoms with Crippen LogP contribution in [0.25, 0.3) is 6.08 Å². The molecule has 0 atom stereocenters. The Morgan fingerprint density at radius 3 is 2.59 bits per heavy atom. The molecule has 0 saturated heterocycles. The van der Waals surface area contributed by atoms with Crippen LogP contribution in [0.3, 0.4) is 0 Å². The molecule has 0 saturated carbocycles. The van der Waals surface area contributed by atoms with E-state index in [1.165, 1.54) is 19.3 Å². The molecule has 0 fully saturated rings. The fourth-order valence-corrected chi connectivity index (χ4v) is 2.93. The van der Waals surface area contributed by atoms with Crippen molar-refractivity contribution in [1.29, 1.82) is 5.26 Å². The van der Waals surface area contributed by atoms with Gasteiger partial charge in [0.2, 0.25) is 0 Å². The molecular formula is C21H24N2O6. The molecule has 0 amide bonds. The standard InChI is InChI=1S/C21H24N2O6/c1-13-8-16(14(2)23(13)6-7-26-4)9-17(11-22)20(24)28-12-18-10-19(15(3)29-18)21(25)27-5/h8-10H,6-7,12H2,1-5H3/b17-9+. The number of carbonyl (C=O) groups is 2. The molecule has 2 aromatic heterocycles. The number of aromatic nitrogens is 1. The molecule has 0 spiro atoms. The van der Waals surface area contributed by atoms with E-state index in [-0.39, 0.29) is 23.5 Å². The minimum atomic E-state index is -0.775. The number of aryl methyl sites for hydroxylation is 2. The first-order valence-electron chi connectivity index (χ1n) is 8.94. The summed E-state index contributed by atoms with van der Waals surface area (Å²) in [6.07, 6.45) is 1.50. The number of esters is 2. The maximum atomic E-state index is 12.3. The highest BCUT2D eigenvalue weighted by molar-refractivity contribution is 5.98. The SMILES string of the molecule is COCCn1c(C)cc(/C=C(\C#N)C(=O)OCc2cc(C(=O)OC)c(C)o2)c1C. The van der Waals surface area contributed by atoms with Crippen LogP contribution in [-0.2, 0) is 32.2 Å². The van der Waals surface area contributed by atoms with Gasteiger partial charge in [-0.2, -0.15) is 5.26 Å². The second kappa shape index (κ2) is 9.75. The lowest BCUT2D eigenvalue weighted by atomic mass is 10.1. The lowest BCUT2D eigenvalue weighted by molar-refractivity contribution is -0.140. The normalized spacial score (nSPS) is 11.2. The molecule has 0 unspecified atom stereocenters. The number of carbonyl (C=O) groups excluding carboxylic acids is 2. The van der Waals surface area contributed by atoms with Crippen LogP contribution >= 0.6 is 0 Å². The van der Waals surface area contributed by atoms with Crippen molar-refractivity contribution in [3.63, 3.8) is 0 Å². The number of nitrogens with zero attached hydrogens (tertiary/aromatic N) is 2. The predicted octanol–water partition coefficient (Wildman–Crippen LogP) is 3.09. The van der Waals surface area contributed by atoms with Crippen LogP contribution in [0.2, 0.25) is 0 Å². The molecule has 2 rings (SSSR count). The van der Waals surface area contributed by atoms with E-state index in [1.807, 2.05) is 26.0 Å². The van der Waals surface area contributed by atoms with Crippen molar-refractivity contribution in [3.8, 4) is 6.07 Å². The fraction of sp³-hybridized carbons (Fsp3) is 0.381. The summed E-state index contributed by atoms with van der Waals surface area (Å²) in [4.78, 5) is 24.0. The second-order valence-electron chi connectivity index (χ2n) is 6.39. The highest BCUT2D eigenvalue weighted by Crippen LogP contribution is 2.20. The average Bonchev–Trinajstić information content (AvgIpc) is 3.21. The summed E-state index contributed by atoms with van der Waals surface area (Å²) in [5.41, 5.74) is 2.81. The number of ether oxygens (including phenoxy) is 3. The van der Waals surface area contributed by atoms with E-state index in [0.29, 0.717) is 18.9 Å². The zero-order valence-electron chi connectivity index (χ0n) is 17.2. The summed E-state index contributed by atoms with van der Waals surface area (Å²) in [5.74, 6) is -0.665. The van der Waals surface area contributed by atoms with E-state index in [1.54, 1.807) is 14.0 Å². The smallest absolute Gasteiger partial charge is 0.349 e. The summed E-state index contributed by atoms with van der Waals surface area (Å²) in [6.45, 7) is 6.49. The molecule has 154 valence electrons.